The highest BCUT2D eigenvalue weighted by Gasteiger charge is 2.31. The van der Waals surface area contributed by atoms with E-state index in [1.165, 1.54) is 0 Å². The summed E-state index contributed by atoms with van der Waals surface area (Å²) in [6.07, 6.45) is 0.357. The van der Waals surface area contributed by atoms with Crippen molar-refractivity contribution in [3.8, 4) is 0 Å². The molecule has 7 nitrogen and oxygen atoms in total. The molecule has 1 aromatic carbocycles. The summed E-state index contributed by atoms with van der Waals surface area (Å²) >= 11 is 5.79. The van der Waals surface area contributed by atoms with Crippen LogP contribution < -0.4 is 0 Å². The Hall–Kier alpha value is -2.45. The van der Waals surface area contributed by atoms with E-state index >= 15 is 0 Å². The molecule has 1 atom stereocenters. The lowest BCUT2D eigenvalue weighted by atomic mass is 10.1. The van der Waals surface area contributed by atoms with Crippen molar-refractivity contribution >= 4 is 39.0 Å². The first-order chi connectivity index (χ1) is 14.6. The van der Waals surface area contributed by atoms with Gasteiger partial charge in [-0.2, -0.15) is 0 Å². The summed E-state index contributed by atoms with van der Waals surface area (Å²) in [4.78, 5) is 36.7. The lowest BCUT2D eigenvalue weighted by Gasteiger charge is -2.16. The summed E-state index contributed by atoms with van der Waals surface area (Å²) in [5, 5.41) is 0.517. The minimum atomic E-state index is -3.05. The number of Topliss-reactive ketones (excluding diaryl/α,β-unsaturated/α-hetero) is 2. The third kappa shape index (κ3) is 5.62. The fourth-order valence-corrected chi connectivity index (χ4v) is 5.72. The molecule has 0 aliphatic carbocycles. The van der Waals surface area contributed by atoms with Gasteiger partial charge in [-0.15, -0.1) is 0 Å². The van der Waals surface area contributed by atoms with Gasteiger partial charge in [0.05, 0.1) is 17.9 Å². The maximum Gasteiger partial charge on any atom is 0.306 e. The number of ether oxygens (including phenoxy) is 1. The highest BCUT2D eigenvalue weighted by Crippen LogP contribution is 2.29. The standard InChI is InChI=1S/C22H24ClNO6S/c1-14-11-19(15(2)24(14)18-9-10-31(28,29)13-18)21(26)12-30-22(27)8-7-20(25)16-3-5-17(23)6-4-16/h3-6,11,18H,7-10,12-13H2,1-2H3/t18-/m0/s1. The minimum absolute atomic E-state index is 0.0284. The average molecular weight is 466 g/mol. The molecule has 1 aliphatic rings. The molecule has 166 valence electrons. The Balaban J connectivity index is 1.55. The van der Waals surface area contributed by atoms with Gasteiger partial charge >= 0.3 is 5.97 Å². The maximum absolute atomic E-state index is 12.6. The van der Waals surface area contributed by atoms with Crippen LogP contribution in [0.2, 0.25) is 5.02 Å². The number of aryl methyl sites for hydroxylation is 1. The van der Waals surface area contributed by atoms with Crippen LogP contribution in [0, 0.1) is 13.8 Å². The summed E-state index contributed by atoms with van der Waals surface area (Å²) in [6.45, 7) is 3.15. The number of esters is 1. The second-order valence-electron chi connectivity index (χ2n) is 7.73. The molecule has 0 amide bonds. The van der Waals surface area contributed by atoms with E-state index in [9.17, 15) is 22.8 Å². The molecule has 1 saturated heterocycles. The smallest absolute Gasteiger partial charge is 0.306 e. The number of carbonyl (C=O) groups excluding carboxylic acids is 3. The van der Waals surface area contributed by atoms with Crippen molar-refractivity contribution in [3.05, 3.63) is 57.9 Å². The number of nitrogens with zero attached hydrogens (tertiary/aromatic N) is 1. The van der Waals surface area contributed by atoms with E-state index in [2.05, 4.69) is 0 Å². The van der Waals surface area contributed by atoms with Crippen molar-refractivity contribution in [2.75, 3.05) is 18.1 Å². The summed E-state index contributed by atoms with van der Waals surface area (Å²) in [7, 11) is -3.05. The number of rotatable bonds is 8. The Morgan fingerprint density at radius 1 is 1.10 bits per heavy atom. The van der Waals surface area contributed by atoms with E-state index in [-0.39, 0.29) is 42.0 Å². The molecular formula is C22H24ClNO6S. The van der Waals surface area contributed by atoms with Crippen LogP contribution in [-0.4, -0.2) is 48.6 Å². The fraction of sp³-hybridized carbons (Fsp3) is 0.409. The number of ketones is 2. The van der Waals surface area contributed by atoms with Gasteiger partial charge in [-0.1, -0.05) is 11.6 Å². The van der Waals surface area contributed by atoms with Crippen molar-refractivity contribution in [1.82, 2.24) is 4.57 Å². The molecule has 0 saturated carbocycles. The molecule has 1 fully saturated rings. The minimum Gasteiger partial charge on any atom is -0.457 e. The Morgan fingerprint density at radius 2 is 1.77 bits per heavy atom. The summed E-state index contributed by atoms with van der Waals surface area (Å²) in [5.74, 6) is -1.00. The molecule has 1 aliphatic heterocycles. The van der Waals surface area contributed by atoms with Crippen LogP contribution in [0.4, 0.5) is 0 Å². The number of hydrogen-bond donors (Lipinski definition) is 0. The predicted octanol–water partition coefficient (Wildman–Crippen LogP) is 3.51. The molecule has 2 aromatic rings. The number of aromatic nitrogens is 1. The number of hydrogen-bond acceptors (Lipinski definition) is 6. The van der Waals surface area contributed by atoms with Gasteiger partial charge in [0.25, 0.3) is 0 Å². The van der Waals surface area contributed by atoms with Gasteiger partial charge in [0.2, 0.25) is 5.78 Å². The Kier molecular flexibility index (Phi) is 7.01. The van der Waals surface area contributed by atoms with Crippen molar-refractivity contribution in [2.24, 2.45) is 0 Å². The molecule has 2 heterocycles. The first kappa shape index (κ1) is 23.2. The molecule has 9 heteroatoms. The second-order valence-corrected chi connectivity index (χ2v) is 10.4. The van der Waals surface area contributed by atoms with Gasteiger partial charge < -0.3 is 9.30 Å². The maximum atomic E-state index is 12.6. The van der Waals surface area contributed by atoms with Crippen molar-refractivity contribution < 1.29 is 27.5 Å². The molecular weight excluding hydrogens is 442 g/mol. The van der Waals surface area contributed by atoms with Gasteiger partial charge in [0, 0.05) is 40.0 Å². The SMILES string of the molecule is Cc1cc(C(=O)COC(=O)CCC(=O)c2ccc(Cl)cc2)c(C)n1[C@H]1CCS(=O)(=O)C1. The van der Waals surface area contributed by atoms with Crippen LogP contribution >= 0.6 is 11.6 Å². The lowest BCUT2D eigenvalue weighted by Crippen LogP contribution is -2.17. The summed E-state index contributed by atoms with van der Waals surface area (Å²) in [6, 6.07) is 7.89. The number of halogens is 1. The van der Waals surface area contributed by atoms with E-state index in [0.29, 0.717) is 28.3 Å². The zero-order valence-corrected chi connectivity index (χ0v) is 19.0. The largest absolute Gasteiger partial charge is 0.457 e. The van der Waals surface area contributed by atoms with E-state index in [4.69, 9.17) is 16.3 Å². The Labute approximate surface area is 186 Å². The van der Waals surface area contributed by atoms with Gasteiger partial charge in [-0.3, -0.25) is 14.4 Å². The fourth-order valence-electron chi connectivity index (χ4n) is 3.89. The third-order valence-electron chi connectivity index (χ3n) is 5.44. The molecule has 3 rings (SSSR count). The first-order valence-corrected chi connectivity index (χ1v) is 12.1. The molecule has 0 unspecified atom stereocenters. The normalized spacial score (nSPS) is 17.5. The van der Waals surface area contributed by atoms with Crippen molar-refractivity contribution in [1.29, 1.82) is 0 Å². The zero-order chi connectivity index (χ0) is 22.8. The number of carbonyl (C=O) groups is 3. The zero-order valence-electron chi connectivity index (χ0n) is 17.4. The molecule has 0 bridgehead atoms. The van der Waals surface area contributed by atoms with Crippen LogP contribution in [-0.2, 0) is 19.4 Å². The number of benzene rings is 1. The quantitative estimate of drug-likeness (QED) is 0.437. The van der Waals surface area contributed by atoms with Crippen molar-refractivity contribution in [2.45, 2.75) is 39.2 Å². The average Bonchev–Trinajstić information content (AvgIpc) is 3.22. The summed E-state index contributed by atoms with van der Waals surface area (Å²) < 4.78 is 30.5. The van der Waals surface area contributed by atoms with E-state index in [0.717, 1.165) is 5.69 Å². The van der Waals surface area contributed by atoms with Gasteiger partial charge in [0.15, 0.2) is 22.2 Å². The van der Waals surface area contributed by atoms with E-state index < -0.39 is 22.4 Å². The van der Waals surface area contributed by atoms with Crippen molar-refractivity contribution in [3.63, 3.8) is 0 Å². The van der Waals surface area contributed by atoms with Crippen LogP contribution in [0.5, 0.6) is 0 Å². The van der Waals surface area contributed by atoms with Gasteiger partial charge in [-0.05, 0) is 50.6 Å². The monoisotopic (exact) mass is 465 g/mol. The molecule has 31 heavy (non-hydrogen) atoms. The molecule has 0 radical (unpaired) electrons. The molecule has 0 N–H and O–H groups in total. The van der Waals surface area contributed by atoms with Crippen LogP contribution in [0.15, 0.2) is 30.3 Å². The van der Waals surface area contributed by atoms with Crippen LogP contribution in [0.1, 0.15) is 57.4 Å². The van der Waals surface area contributed by atoms with E-state index in [1.54, 1.807) is 37.3 Å². The highest BCUT2D eigenvalue weighted by molar-refractivity contribution is 7.91. The Morgan fingerprint density at radius 3 is 2.39 bits per heavy atom. The summed E-state index contributed by atoms with van der Waals surface area (Å²) in [5.41, 5.74) is 2.32. The Bertz CT molecular complexity index is 1120. The highest BCUT2D eigenvalue weighted by atomic mass is 35.5. The molecule has 0 spiro atoms. The van der Waals surface area contributed by atoms with Crippen LogP contribution in [0.3, 0.4) is 0 Å². The number of sulfone groups is 1. The first-order valence-electron chi connectivity index (χ1n) is 9.94. The van der Waals surface area contributed by atoms with E-state index in [1.807, 2.05) is 11.5 Å². The van der Waals surface area contributed by atoms with Gasteiger partial charge in [-0.25, -0.2) is 8.42 Å². The lowest BCUT2D eigenvalue weighted by molar-refractivity contribution is -0.142. The third-order valence-corrected chi connectivity index (χ3v) is 7.45. The van der Waals surface area contributed by atoms with Crippen LogP contribution in [0.25, 0.3) is 0 Å². The topological polar surface area (TPSA) is 99.5 Å². The molecule has 1 aromatic heterocycles. The predicted molar refractivity (Wildman–Crippen MR) is 117 cm³/mol. The second kappa shape index (κ2) is 9.36. The van der Waals surface area contributed by atoms with Gasteiger partial charge in [0.1, 0.15) is 0 Å².